The molecule has 0 saturated carbocycles. The highest BCUT2D eigenvalue weighted by Gasteiger charge is 2.20. The normalized spacial score (nSPS) is 13.4. The van der Waals surface area contributed by atoms with Crippen molar-refractivity contribution < 1.29 is 15.0 Å². The molecular weight excluding hydrogens is 699 g/mol. The summed E-state index contributed by atoms with van der Waals surface area (Å²) < 4.78 is 0. The van der Waals surface area contributed by atoms with Crippen LogP contribution in [0, 0.1) is 0 Å². The molecule has 2 unspecified atom stereocenters. The standard InChI is InChI=1S/C53H97NO3/c1-3-5-7-9-11-13-15-17-19-20-21-22-23-24-25-26-27-28-29-30-31-32-33-34-35-37-39-41-43-45-47-49-53(57)54-51(50-55)52(56)48-46-44-42-40-38-36-18-16-14-12-10-8-6-4-2/h5,7,11,13,17,19,21-22,24-25,51-52,55-56H,3-4,6,8-10,12,14-16,18,20,23,26-50H2,1-2H3,(H,54,57)/b7-5-,13-11-,19-17-,22-21-,25-24-. The van der Waals surface area contributed by atoms with Crippen LogP contribution in [-0.2, 0) is 4.79 Å². The molecule has 0 aromatic carbocycles. The third kappa shape index (κ3) is 45.0. The Morgan fingerprint density at radius 2 is 0.772 bits per heavy atom. The molecule has 2 atom stereocenters. The summed E-state index contributed by atoms with van der Waals surface area (Å²) in [5, 5.41) is 23.2. The van der Waals surface area contributed by atoms with Gasteiger partial charge in [-0.2, -0.15) is 0 Å². The molecule has 0 heterocycles. The maximum Gasteiger partial charge on any atom is 0.220 e. The van der Waals surface area contributed by atoms with Crippen molar-refractivity contribution in [3.63, 3.8) is 0 Å². The fourth-order valence-electron chi connectivity index (χ4n) is 7.51. The van der Waals surface area contributed by atoms with Gasteiger partial charge in [0.25, 0.3) is 0 Å². The first kappa shape index (κ1) is 55.1. The van der Waals surface area contributed by atoms with Crippen molar-refractivity contribution in [2.75, 3.05) is 6.61 Å². The van der Waals surface area contributed by atoms with Gasteiger partial charge in [0.15, 0.2) is 0 Å². The van der Waals surface area contributed by atoms with Gasteiger partial charge in [0.05, 0.1) is 18.8 Å². The predicted molar refractivity (Wildman–Crippen MR) is 253 cm³/mol. The molecule has 0 radical (unpaired) electrons. The van der Waals surface area contributed by atoms with Crippen LogP contribution in [0.3, 0.4) is 0 Å². The van der Waals surface area contributed by atoms with Crippen LogP contribution in [0.25, 0.3) is 0 Å². The lowest BCUT2D eigenvalue weighted by Crippen LogP contribution is -2.45. The lowest BCUT2D eigenvalue weighted by molar-refractivity contribution is -0.123. The number of nitrogens with one attached hydrogen (secondary N) is 1. The van der Waals surface area contributed by atoms with E-state index in [4.69, 9.17) is 0 Å². The van der Waals surface area contributed by atoms with Crippen molar-refractivity contribution >= 4 is 5.91 Å². The Labute approximate surface area is 356 Å². The molecule has 0 spiro atoms. The number of aliphatic hydroxyl groups is 2. The second kappa shape index (κ2) is 48.5. The van der Waals surface area contributed by atoms with Crippen LogP contribution in [0.1, 0.15) is 251 Å². The van der Waals surface area contributed by atoms with Crippen LogP contribution in [0.15, 0.2) is 60.8 Å². The lowest BCUT2D eigenvalue weighted by Gasteiger charge is -2.22. The Morgan fingerprint density at radius 3 is 1.16 bits per heavy atom. The zero-order valence-electron chi connectivity index (χ0n) is 38.1. The number of allylic oxidation sites excluding steroid dienone is 10. The van der Waals surface area contributed by atoms with Gasteiger partial charge in [-0.3, -0.25) is 4.79 Å². The van der Waals surface area contributed by atoms with Crippen molar-refractivity contribution in [1.82, 2.24) is 5.32 Å². The first-order chi connectivity index (χ1) is 28.2. The molecule has 4 nitrogen and oxygen atoms in total. The van der Waals surface area contributed by atoms with Gasteiger partial charge in [-0.1, -0.05) is 248 Å². The fraction of sp³-hybridized carbons (Fsp3) is 0.792. The van der Waals surface area contributed by atoms with Gasteiger partial charge in [0.1, 0.15) is 0 Å². The minimum absolute atomic E-state index is 0.0320. The Bertz CT molecular complexity index is 950. The predicted octanol–water partition coefficient (Wildman–Crippen LogP) is 16.1. The van der Waals surface area contributed by atoms with E-state index in [1.807, 2.05) is 0 Å². The minimum Gasteiger partial charge on any atom is -0.394 e. The van der Waals surface area contributed by atoms with E-state index in [1.54, 1.807) is 0 Å². The van der Waals surface area contributed by atoms with E-state index in [9.17, 15) is 15.0 Å². The summed E-state index contributed by atoms with van der Waals surface area (Å²) in [4.78, 5) is 12.4. The van der Waals surface area contributed by atoms with Gasteiger partial charge in [-0.15, -0.1) is 0 Å². The maximum atomic E-state index is 12.4. The number of aliphatic hydroxyl groups excluding tert-OH is 2. The average molecular weight is 796 g/mol. The average Bonchev–Trinajstić information content (AvgIpc) is 3.22. The second-order valence-corrected chi connectivity index (χ2v) is 16.9. The van der Waals surface area contributed by atoms with Crippen LogP contribution in [0.4, 0.5) is 0 Å². The summed E-state index contributed by atoms with van der Waals surface area (Å²) in [6.45, 7) is 4.25. The highest BCUT2D eigenvalue weighted by molar-refractivity contribution is 5.76. The molecular formula is C53H97NO3. The first-order valence-electron chi connectivity index (χ1n) is 25.0. The van der Waals surface area contributed by atoms with Gasteiger partial charge in [-0.05, 0) is 57.8 Å². The van der Waals surface area contributed by atoms with E-state index < -0.39 is 12.1 Å². The molecule has 1 amide bonds. The number of carbonyl (C=O) groups is 1. The molecule has 4 heteroatoms. The first-order valence-corrected chi connectivity index (χ1v) is 25.0. The van der Waals surface area contributed by atoms with Crippen LogP contribution >= 0.6 is 0 Å². The quantitative estimate of drug-likeness (QED) is 0.0425. The zero-order chi connectivity index (χ0) is 41.4. The van der Waals surface area contributed by atoms with Gasteiger partial charge < -0.3 is 15.5 Å². The Morgan fingerprint density at radius 1 is 0.439 bits per heavy atom. The largest absolute Gasteiger partial charge is 0.394 e. The van der Waals surface area contributed by atoms with Crippen molar-refractivity contribution in [1.29, 1.82) is 0 Å². The summed E-state index contributed by atoms with van der Waals surface area (Å²) in [7, 11) is 0. The summed E-state index contributed by atoms with van der Waals surface area (Å²) in [5.41, 5.74) is 0. The summed E-state index contributed by atoms with van der Waals surface area (Å²) in [5.74, 6) is -0.0320. The van der Waals surface area contributed by atoms with Crippen molar-refractivity contribution in [3.8, 4) is 0 Å². The highest BCUT2D eigenvalue weighted by Crippen LogP contribution is 2.16. The second-order valence-electron chi connectivity index (χ2n) is 16.9. The Balaban J connectivity index is 3.47. The molecule has 0 aromatic rings. The smallest absolute Gasteiger partial charge is 0.220 e. The Kier molecular flexibility index (Phi) is 46.8. The molecule has 332 valence electrons. The maximum absolute atomic E-state index is 12.4. The van der Waals surface area contributed by atoms with E-state index in [2.05, 4.69) is 79.9 Å². The van der Waals surface area contributed by atoms with E-state index in [-0.39, 0.29) is 12.5 Å². The molecule has 57 heavy (non-hydrogen) atoms. The van der Waals surface area contributed by atoms with Gasteiger partial charge in [0.2, 0.25) is 5.91 Å². The topological polar surface area (TPSA) is 69.6 Å². The van der Waals surface area contributed by atoms with Gasteiger partial charge in [-0.25, -0.2) is 0 Å². The van der Waals surface area contributed by atoms with Crippen molar-refractivity contribution in [2.45, 2.75) is 264 Å². The molecule has 0 rings (SSSR count). The lowest BCUT2D eigenvalue weighted by atomic mass is 10.0. The molecule has 3 N–H and O–H groups in total. The molecule has 0 aliphatic rings. The molecule has 0 bridgehead atoms. The van der Waals surface area contributed by atoms with Crippen molar-refractivity contribution in [3.05, 3.63) is 60.8 Å². The number of amides is 1. The number of rotatable bonds is 45. The summed E-state index contributed by atoms with van der Waals surface area (Å²) >= 11 is 0. The van der Waals surface area contributed by atoms with Crippen molar-refractivity contribution in [2.24, 2.45) is 0 Å². The monoisotopic (exact) mass is 796 g/mol. The zero-order valence-corrected chi connectivity index (χ0v) is 38.1. The van der Waals surface area contributed by atoms with E-state index in [1.165, 1.54) is 167 Å². The van der Waals surface area contributed by atoms with Crippen LogP contribution in [-0.4, -0.2) is 34.9 Å². The molecule has 0 aromatic heterocycles. The molecule has 0 aliphatic carbocycles. The SMILES string of the molecule is CC/C=C\C/C=C\C/C=C\C/C=C\C/C=C\CCCCCCCCCCCCCCCCCC(=O)NC(CO)C(O)CCCCCCCCCCCCCCCC. The van der Waals surface area contributed by atoms with Crippen LogP contribution in [0.5, 0.6) is 0 Å². The number of carbonyl (C=O) groups excluding carboxylic acids is 1. The van der Waals surface area contributed by atoms with Gasteiger partial charge in [0, 0.05) is 6.42 Å². The highest BCUT2D eigenvalue weighted by atomic mass is 16.3. The number of hydrogen-bond donors (Lipinski definition) is 3. The number of hydrogen-bond acceptors (Lipinski definition) is 3. The summed E-state index contributed by atoms with van der Waals surface area (Å²) in [6, 6.07) is -0.537. The Hall–Kier alpha value is -1.91. The molecule has 0 aliphatic heterocycles. The van der Waals surface area contributed by atoms with Crippen LogP contribution < -0.4 is 5.32 Å². The van der Waals surface area contributed by atoms with Crippen LogP contribution in [0.2, 0.25) is 0 Å². The molecule has 0 saturated heterocycles. The van der Waals surface area contributed by atoms with E-state index in [0.717, 1.165) is 57.8 Å². The van der Waals surface area contributed by atoms with Gasteiger partial charge >= 0.3 is 0 Å². The van der Waals surface area contributed by atoms with E-state index >= 15 is 0 Å². The summed E-state index contributed by atoms with van der Waals surface area (Å²) in [6.07, 6.45) is 67.5. The van der Waals surface area contributed by atoms with E-state index in [0.29, 0.717) is 12.8 Å². The fourth-order valence-corrected chi connectivity index (χ4v) is 7.51. The third-order valence-electron chi connectivity index (χ3n) is 11.3. The molecule has 0 fully saturated rings. The minimum atomic E-state index is -0.660. The third-order valence-corrected chi connectivity index (χ3v) is 11.3. The number of unbranched alkanes of at least 4 members (excludes halogenated alkanes) is 28.